The molecular weight excluding hydrogens is 134 g/mol. The lowest BCUT2D eigenvalue weighted by Gasteiger charge is -2.24. The molecule has 0 bridgehead atoms. The molecule has 0 aliphatic heterocycles. The third-order valence-electron chi connectivity index (χ3n) is 2.33. The predicted octanol–water partition coefficient (Wildman–Crippen LogP) is 2.59. The monoisotopic (exact) mass is 155 g/mol. The summed E-state index contributed by atoms with van der Waals surface area (Å²) in [5.74, 6) is 0. The molecule has 0 rings (SSSR count). The summed E-state index contributed by atoms with van der Waals surface area (Å²) in [6, 6.07) is 0. The van der Waals surface area contributed by atoms with Crippen molar-refractivity contribution in [1.82, 2.24) is 5.32 Å². The summed E-state index contributed by atoms with van der Waals surface area (Å²) in [5, 5.41) is 3.32. The van der Waals surface area contributed by atoms with Crippen molar-refractivity contribution < 1.29 is 0 Å². The summed E-state index contributed by atoms with van der Waals surface area (Å²) < 4.78 is 0. The highest BCUT2D eigenvalue weighted by molar-refractivity contribution is 5.02. The first-order chi connectivity index (χ1) is 5.00. The molecule has 0 spiro atoms. The van der Waals surface area contributed by atoms with E-state index in [4.69, 9.17) is 0 Å². The molecule has 0 aromatic rings. The van der Waals surface area contributed by atoms with Crippen LogP contribution in [0.4, 0.5) is 0 Å². The van der Waals surface area contributed by atoms with E-state index in [0.717, 1.165) is 13.1 Å². The Balaban J connectivity index is 3.64. The number of allylic oxidation sites excluding steroid dienone is 1. The molecule has 0 aromatic heterocycles. The molecule has 0 radical (unpaired) electrons. The van der Waals surface area contributed by atoms with Gasteiger partial charge >= 0.3 is 0 Å². The van der Waals surface area contributed by atoms with Gasteiger partial charge in [-0.2, -0.15) is 0 Å². The highest BCUT2D eigenvalue weighted by atomic mass is 14.8. The Bertz CT molecular complexity index is 125. The quantitative estimate of drug-likeness (QED) is 0.475. The second kappa shape index (κ2) is 4.55. The highest BCUT2D eigenvalue weighted by Gasteiger charge is 2.17. The average molecular weight is 155 g/mol. The SMILES string of the molecule is C=C(C)C(C)(C)CCNCC. The van der Waals surface area contributed by atoms with Gasteiger partial charge in [0.15, 0.2) is 0 Å². The molecule has 0 aliphatic carbocycles. The second-order valence-electron chi connectivity index (χ2n) is 3.77. The van der Waals surface area contributed by atoms with E-state index in [0.29, 0.717) is 5.41 Å². The van der Waals surface area contributed by atoms with E-state index in [1.54, 1.807) is 0 Å². The van der Waals surface area contributed by atoms with Crippen molar-refractivity contribution >= 4 is 0 Å². The maximum atomic E-state index is 3.98. The highest BCUT2D eigenvalue weighted by Crippen LogP contribution is 2.27. The average Bonchev–Trinajstić information content (AvgIpc) is 1.88. The maximum Gasteiger partial charge on any atom is -0.00409 e. The van der Waals surface area contributed by atoms with E-state index in [2.05, 4.69) is 39.6 Å². The van der Waals surface area contributed by atoms with Crippen LogP contribution in [0.1, 0.15) is 34.1 Å². The minimum Gasteiger partial charge on any atom is -0.317 e. The number of nitrogens with one attached hydrogen (secondary N) is 1. The van der Waals surface area contributed by atoms with Crippen LogP contribution in [-0.2, 0) is 0 Å². The van der Waals surface area contributed by atoms with Gasteiger partial charge in [0.1, 0.15) is 0 Å². The molecule has 0 unspecified atom stereocenters. The normalized spacial score (nSPS) is 11.6. The van der Waals surface area contributed by atoms with Gasteiger partial charge in [0.25, 0.3) is 0 Å². The topological polar surface area (TPSA) is 12.0 Å². The third kappa shape index (κ3) is 4.20. The second-order valence-corrected chi connectivity index (χ2v) is 3.77. The smallest absolute Gasteiger partial charge is 0.00409 e. The molecule has 0 fully saturated rings. The zero-order valence-corrected chi connectivity index (χ0v) is 8.33. The predicted molar refractivity (Wildman–Crippen MR) is 51.8 cm³/mol. The van der Waals surface area contributed by atoms with Crippen molar-refractivity contribution in [1.29, 1.82) is 0 Å². The summed E-state index contributed by atoms with van der Waals surface area (Å²) >= 11 is 0. The van der Waals surface area contributed by atoms with Gasteiger partial charge in [0.2, 0.25) is 0 Å². The lowest BCUT2D eigenvalue weighted by atomic mass is 9.83. The summed E-state index contributed by atoms with van der Waals surface area (Å²) in [7, 11) is 0. The van der Waals surface area contributed by atoms with Crippen molar-refractivity contribution in [2.24, 2.45) is 5.41 Å². The molecule has 11 heavy (non-hydrogen) atoms. The van der Waals surface area contributed by atoms with Crippen molar-refractivity contribution in [2.45, 2.75) is 34.1 Å². The molecule has 1 heteroatoms. The molecule has 66 valence electrons. The van der Waals surface area contributed by atoms with Crippen LogP contribution in [0.5, 0.6) is 0 Å². The Morgan fingerprint density at radius 3 is 2.36 bits per heavy atom. The first-order valence-electron chi connectivity index (χ1n) is 4.37. The van der Waals surface area contributed by atoms with Gasteiger partial charge in [-0.15, -0.1) is 0 Å². The number of rotatable bonds is 5. The van der Waals surface area contributed by atoms with Crippen LogP contribution in [0.25, 0.3) is 0 Å². The molecule has 0 saturated carbocycles. The van der Waals surface area contributed by atoms with Crippen LogP contribution in [-0.4, -0.2) is 13.1 Å². The van der Waals surface area contributed by atoms with Crippen LogP contribution in [0.2, 0.25) is 0 Å². The third-order valence-corrected chi connectivity index (χ3v) is 2.33. The molecule has 0 aliphatic rings. The Kier molecular flexibility index (Phi) is 4.43. The zero-order chi connectivity index (χ0) is 8.91. The van der Waals surface area contributed by atoms with E-state index in [1.807, 2.05) is 0 Å². The fourth-order valence-corrected chi connectivity index (χ4v) is 0.791. The first kappa shape index (κ1) is 10.7. The minimum atomic E-state index is 0.294. The molecular formula is C10H21N. The van der Waals surface area contributed by atoms with Crippen LogP contribution in [0.3, 0.4) is 0 Å². The van der Waals surface area contributed by atoms with Crippen molar-refractivity contribution in [3.63, 3.8) is 0 Å². The fourth-order valence-electron chi connectivity index (χ4n) is 0.791. The summed E-state index contributed by atoms with van der Waals surface area (Å²) in [6.45, 7) is 14.9. The molecule has 1 nitrogen and oxygen atoms in total. The van der Waals surface area contributed by atoms with E-state index in [1.165, 1.54) is 12.0 Å². The molecule has 0 saturated heterocycles. The van der Waals surface area contributed by atoms with Crippen LogP contribution < -0.4 is 5.32 Å². The van der Waals surface area contributed by atoms with E-state index < -0.39 is 0 Å². The van der Waals surface area contributed by atoms with E-state index in [-0.39, 0.29) is 0 Å². The van der Waals surface area contributed by atoms with Gasteiger partial charge in [-0.25, -0.2) is 0 Å². The maximum absolute atomic E-state index is 3.98. The van der Waals surface area contributed by atoms with Crippen LogP contribution in [0, 0.1) is 5.41 Å². The van der Waals surface area contributed by atoms with Gasteiger partial charge in [-0.3, -0.25) is 0 Å². The fraction of sp³-hybridized carbons (Fsp3) is 0.800. The van der Waals surface area contributed by atoms with E-state index >= 15 is 0 Å². The molecule has 0 heterocycles. The van der Waals surface area contributed by atoms with Gasteiger partial charge in [0, 0.05) is 0 Å². The summed E-state index contributed by atoms with van der Waals surface area (Å²) in [4.78, 5) is 0. The van der Waals surface area contributed by atoms with Crippen molar-refractivity contribution in [2.75, 3.05) is 13.1 Å². The van der Waals surface area contributed by atoms with Gasteiger partial charge in [-0.05, 0) is 31.8 Å². The standard InChI is InChI=1S/C10H21N/c1-6-11-8-7-10(4,5)9(2)3/h11H,2,6-8H2,1,3-5H3. The largest absolute Gasteiger partial charge is 0.317 e. The lowest BCUT2D eigenvalue weighted by molar-refractivity contribution is 0.398. The molecule has 0 aromatic carbocycles. The Hall–Kier alpha value is -0.300. The Morgan fingerprint density at radius 2 is 2.00 bits per heavy atom. The number of hydrogen-bond acceptors (Lipinski definition) is 1. The van der Waals surface area contributed by atoms with Gasteiger partial charge in [0.05, 0.1) is 0 Å². The Labute approximate surface area is 70.9 Å². The molecule has 1 N–H and O–H groups in total. The number of hydrogen-bond donors (Lipinski definition) is 1. The molecule has 0 amide bonds. The first-order valence-corrected chi connectivity index (χ1v) is 4.37. The zero-order valence-electron chi connectivity index (χ0n) is 8.33. The van der Waals surface area contributed by atoms with Crippen LogP contribution >= 0.6 is 0 Å². The minimum absolute atomic E-state index is 0.294. The summed E-state index contributed by atoms with van der Waals surface area (Å²) in [6.07, 6.45) is 1.18. The van der Waals surface area contributed by atoms with Gasteiger partial charge in [-0.1, -0.05) is 32.9 Å². The summed E-state index contributed by atoms with van der Waals surface area (Å²) in [5.41, 5.74) is 1.57. The van der Waals surface area contributed by atoms with Crippen LogP contribution in [0.15, 0.2) is 12.2 Å². The van der Waals surface area contributed by atoms with Crippen molar-refractivity contribution in [3.8, 4) is 0 Å². The lowest BCUT2D eigenvalue weighted by Crippen LogP contribution is -2.22. The van der Waals surface area contributed by atoms with Crippen molar-refractivity contribution in [3.05, 3.63) is 12.2 Å². The Morgan fingerprint density at radius 1 is 1.45 bits per heavy atom. The molecule has 0 atom stereocenters. The van der Waals surface area contributed by atoms with Gasteiger partial charge < -0.3 is 5.32 Å². The van der Waals surface area contributed by atoms with E-state index in [9.17, 15) is 0 Å².